The Balaban J connectivity index is 4.77. The van der Waals surface area contributed by atoms with Crippen molar-refractivity contribution in [3.63, 3.8) is 0 Å². The van der Waals surface area contributed by atoms with Gasteiger partial charge >= 0.3 is 0 Å². The molecule has 0 aliphatic heterocycles. The fourth-order valence-corrected chi connectivity index (χ4v) is 1.80. The highest BCUT2D eigenvalue weighted by molar-refractivity contribution is 5.18. The summed E-state index contributed by atoms with van der Waals surface area (Å²) in [7, 11) is 0. The molecule has 0 aromatic rings. The summed E-state index contributed by atoms with van der Waals surface area (Å²) in [4.78, 5) is 0. The van der Waals surface area contributed by atoms with Crippen LogP contribution in [0.3, 0.4) is 0 Å². The molecule has 0 aromatic carbocycles. The average molecular weight is 206 g/mol. The first-order valence-corrected chi connectivity index (χ1v) is 5.85. The third kappa shape index (κ3) is 4.07. The van der Waals surface area contributed by atoms with E-state index in [0.717, 1.165) is 6.42 Å². The van der Waals surface area contributed by atoms with Crippen molar-refractivity contribution in [3.05, 3.63) is 35.5 Å². The monoisotopic (exact) mass is 206 g/mol. The van der Waals surface area contributed by atoms with E-state index in [1.54, 1.807) is 0 Å². The topological polar surface area (TPSA) is 0 Å². The van der Waals surface area contributed by atoms with Gasteiger partial charge in [-0.15, -0.1) is 6.58 Å². The van der Waals surface area contributed by atoms with Crippen LogP contribution in [0.2, 0.25) is 0 Å². The molecule has 0 amide bonds. The second-order valence-electron chi connectivity index (χ2n) is 4.57. The molecule has 2 atom stereocenters. The van der Waals surface area contributed by atoms with Crippen molar-refractivity contribution < 1.29 is 0 Å². The van der Waals surface area contributed by atoms with E-state index >= 15 is 0 Å². The molecule has 0 nitrogen and oxygen atoms in total. The van der Waals surface area contributed by atoms with E-state index in [0.29, 0.717) is 11.8 Å². The van der Waals surface area contributed by atoms with Crippen LogP contribution >= 0.6 is 0 Å². The minimum atomic E-state index is 0.626. The van der Waals surface area contributed by atoms with Gasteiger partial charge in [-0.25, -0.2) is 0 Å². The molecule has 0 rings (SSSR count). The zero-order valence-electron chi connectivity index (χ0n) is 11.2. The highest BCUT2D eigenvalue weighted by atomic mass is 14.2. The third-order valence-corrected chi connectivity index (χ3v) is 3.73. The minimum Gasteiger partial charge on any atom is -0.103 e. The molecule has 0 heterocycles. The molecule has 0 aliphatic carbocycles. The van der Waals surface area contributed by atoms with Gasteiger partial charge in [-0.1, -0.05) is 42.7 Å². The van der Waals surface area contributed by atoms with Gasteiger partial charge in [-0.3, -0.25) is 0 Å². The Kier molecular flexibility index (Phi) is 6.31. The van der Waals surface area contributed by atoms with Crippen LogP contribution in [0.25, 0.3) is 0 Å². The molecule has 86 valence electrons. The molecule has 15 heavy (non-hydrogen) atoms. The highest BCUT2D eigenvalue weighted by Gasteiger charge is 2.16. The fourth-order valence-electron chi connectivity index (χ4n) is 1.80. The van der Waals surface area contributed by atoms with E-state index in [1.165, 1.54) is 16.7 Å². The van der Waals surface area contributed by atoms with Gasteiger partial charge in [-0.2, -0.15) is 0 Å². The molecule has 0 radical (unpaired) electrons. The quantitative estimate of drug-likeness (QED) is 0.546. The van der Waals surface area contributed by atoms with E-state index in [2.05, 4.69) is 54.2 Å². The summed E-state index contributed by atoms with van der Waals surface area (Å²) in [6, 6.07) is 0. The Labute approximate surface area is 95.8 Å². The van der Waals surface area contributed by atoms with Crippen LogP contribution in [0.15, 0.2) is 35.5 Å². The van der Waals surface area contributed by atoms with Crippen molar-refractivity contribution in [1.29, 1.82) is 0 Å². The lowest BCUT2D eigenvalue weighted by Crippen LogP contribution is -2.11. The predicted molar refractivity (Wildman–Crippen MR) is 70.9 cm³/mol. The van der Waals surface area contributed by atoms with Gasteiger partial charge in [0.15, 0.2) is 0 Å². The van der Waals surface area contributed by atoms with Crippen LogP contribution in [0, 0.1) is 11.8 Å². The maximum absolute atomic E-state index is 3.79. The number of rotatable bonds is 5. The Hall–Kier alpha value is -0.780. The molecule has 2 unspecified atom stereocenters. The molecule has 0 fully saturated rings. The molecule has 0 aliphatic rings. The summed E-state index contributed by atoms with van der Waals surface area (Å²) >= 11 is 0. The molecule has 0 aromatic heterocycles. The zero-order chi connectivity index (χ0) is 12.0. The number of hydrogen-bond donors (Lipinski definition) is 0. The summed E-state index contributed by atoms with van der Waals surface area (Å²) in [6.07, 6.45) is 5.22. The molecular weight excluding hydrogens is 180 g/mol. The van der Waals surface area contributed by atoms with Gasteiger partial charge in [0, 0.05) is 0 Å². The molecular formula is C15H26. The summed E-state index contributed by atoms with van der Waals surface area (Å²) in [5, 5.41) is 0. The molecule has 0 heteroatoms. The predicted octanol–water partition coefficient (Wildman–Crippen LogP) is 5.14. The average Bonchev–Trinajstić information content (AvgIpc) is 2.25. The van der Waals surface area contributed by atoms with E-state index in [9.17, 15) is 0 Å². The standard InChI is InChI=1S/C15H26/c1-8-10-12(4)14(6)15(7)13(5)11(3)9-2/h8-9,13,15H,1,10H2,2-7H3. The van der Waals surface area contributed by atoms with Crippen LogP contribution < -0.4 is 0 Å². The lowest BCUT2D eigenvalue weighted by molar-refractivity contribution is 0.498. The summed E-state index contributed by atoms with van der Waals surface area (Å²) < 4.78 is 0. The normalized spacial score (nSPS) is 18.1. The van der Waals surface area contributed by atoms with Gasteiger partial charge in [0.25, 0.3) is 0 Å². The van der Waals surface area contributed by atoms with E-state index in [-0.39, 0.29) is 0 Å². The van der Waals surface area contributed by atoms with Gasteiger partial charge in [-0.05, 0) is 46.0 Å². The van der Waals surface area contributed by atoms with Crippen LogP contribution in [0.4, 0.5) is 0 Å². The van der Waals surface area contributed by atoms with Crippen LogP contribution in [0.5, 0.6) is 0 Å². The van der Waals surface area contributed by atoms with Crippen molar-refractivity contribution >= 4 is 0 Å². The van der Waals surface area contributed by atoms with Crippen molar-refractivity contribution in [2.45, 2.75) is 48.0 Å². The maximum atomic E-state index is 3.79. The largest absolute Gasteiger partial charge is 0.103 e. The van der Waals surface area contributed by atoms with Crippen LogP contribution in [0.1, 0.15) is 48.0 Å². The second kappa shape index (κ2) is 6.66. The summed E-state index contributed by atoms with van der Waals surface area (Å²) in [6.45, 7) is 17.2. The first-order valence-electron chi connectivity index (χ1n) is 5.85. The lowest BCUT2D eigenvalue weighted by atomic mass is 9.82. The zero-order valence-corrected chi connectivity index (χ0v) is 11.2. The third-order valence-electron chi connectivity index (χ3n) is 3.73. The second-order valence-corrected chi connectivity index (χ2v) is 4.57. The number of allylic oxidation sites excluding steroid dienone is 5. The molecule has 0 N–H and O–H groups in total. The highest BCUT2D eigenvalue weighted by Crippen LogP contribution is 2.28. The first-order chi connectivity index (χ1) is 6.95. The SMILES string of the molecule is C=CCC(C)=C(C)C(C)C(C)C(C)=CC. The van der Waals surface area contributed by atoms with Crippen molar-refractivity contribution in [2.24, 2.45) is 11.8 Å². The molecule has 0 spiro atoms. The maximum Gasteiger partial charge on any atom is -0.0142 e. The molecule has 0 saturated carbocycles. The van der Waals surface area contributed by atoms with Gasteiger partial charge in [0.2, 0.25) is 0 Å². The van der Waals surface area contributed by atoms with Gasteiger partial charge in [0.1, 0.15) is 0 Å². The Morgan fingerprint density at radius 3 is 2.07 bits per heavy atom. The molecule has 0 saturated heterocycles. The van der Waals surface area contributed by atoms with Crippen molar-refractivity contribution in [1.82, 2.24) is 0 Å². The van der Waals surface area contributed by atoms with Crippen LogP contribution in [-0.2, 0) is 0 Å². The first kappa shape index (κ1) is 14.2. The van der Waals surface area contributed by atoms with Crippen molar-refractivity contribution in [3.8, 4) is 0 Å². The van der Waals surface area contributed by atoms with E-state index < -0.39 is 0 Å². The van der Waals surface area contributed by atoms with Gasteiger partial charge in [0.05, 0.1) is 0 Å². The summed E-state index contributed by atoms with van der Waals surface area (Å²) in [5.41, 5.74) is 4.46. The fraction of sp³-hybridized carbons (Fsp3) is 0.600. The Morgan fingerprint density at radius 2 is 1.67 bits per heavy atom. The minimum absolute atomic E-state index is 0.626. The lowest BCUT2D eigenvalue weighted by Gasteiger charge is -2.23. The number of hydrogen-bond acceptors (Lipinski definition) is 0. The van der Waals surface area contributed by atoms with E-state index in [1.807, 2.05) is 6.08 Å². The molecule has 0 bridgehead atoms. The smallest absolute Gasteiger partial charge is 0.0142 e. The van der Waals surface area contributed by atoms with Crippen LogP contribution in [-0.4, -0.2) is 0 Å². The van der Waals surface area contributed by atoms with Crippen molar-refractivity contribution in [2.75, 3.05) is 0 Å². The van der Waals surface area contributed by atoms with Gasteiger partial charge < -0.3 is 0 Å². The Bertz CT molecular complexity index is 266. The Morgan fingerprint density at radius 1 is 1.13 bits per heavy atom. The van der Waals surface area contributed by atoms with E-state index in [4.69, 9.17) is 0 Å². The summed E-state index contributed by atoms with van der Waals surface area (Å²) in [5.74, 6) is 1.26.